The zero-order chi connectivity index (χ0) is 27.3. The minimum absolute atomic E-state index is 0.0163. The third-order valence-electron chi connectivity index (χ3n) is 6.85. The summed E-state index contributed by atoms with van der Waals surface area (Å²) in [6, 6.07) is 6.36. The van der Waals surface area contributed by atoms with Gasteiger partial charge in [-0.3, -0.25) is 14.5 Å². The number of rotatable bonds is 6. The van der Waals surface area contributed by atoms with E-state index in [1.165, 1.54) is 18.9 Å². The summed E-state index contributed by atoms with van der Waals surface area (Å²) >= 11 is 0. The summed E-state index contributed by atoms with van der Waals surface area (Å²) in [6.45, 7) is 6.82. The van der Waals surface area contributed by atoms with Gasteiger partial charge in [0.1, 0.15) is 30.3 Å². The first kappa shape index (κ1) is 28.4. The third kappa shape index (κ3) is 7.44. The Labute approximate surface area is 218 Å². The first-order valence-electron chi connectivity index (χ1n) is 12.8. The van der Waals surface area contributed by atoms with Crippen molar-refractivity contribution in [2.24, 2.45) is 0 Å². The maximum atomic E-state index is 13.7. The molecule has 3 rings (SSSR count). The van der Waals surface area contributed by atoms with Gasteiger partial charge in [-0.2, -0.15) is 0 Å². The number of esters is 1. The lowest BCUT2D eigenvalue weighted by atomic mass is 9.96. The zero-order valence-corrected chi connectivity index (χ0v) is 22.3. The lowest BCUT2D eigenvalue weighted by molar-refractivity contribution is -0.157. The molecule has 204 valence electrons. The van der Waals surface area contributed by atoms with E-state index < -0.39 is 53.7 Å². The predicted octanol–water partition coefficient (Wildman–Crippen LogP) is 2.37. The molecule has 5 atom stereocenters. The molecule has 2 aliphatic heterocycles. The molecule has 0 radical (unpaired) electrons. The first-order valence-corrected chi connectivity index (χ1v) is 12.8. The predicted molar refractivity (Wildman–Crippen MR) is 135 cm³/mol. The minimum Gasteiger partial charge on any atom is -0.459 e. The van der Waals surface area contributed by atoms with E-state index in [-0.39, 0.29) is 19.1 Å². The van der Waals surface area contributed by atoms with Crippen molar-refractivity contribution in [2.45, 2.75) is 102 Å². The number of aliphatic hydroxyl groups is 1. The quantitative estimate of drug-likeness (QED) is 0.555. The largest absolute Gasteiger partial charge is 0.459 e. The van der Waals surface area contributed by atoms with Gasteiger partial charge in [-0.05, 0) is 58.9 Å². The van der Waals surface area contributed by atoms with E-state index in [1.54, 1.807) is 20.8 Å². The molecule has 0 aliphatic carbocycles. The van der Waals surface area contributed by atoms with Gasteiger partial charge in [-0.1, -0.05) is 30.3 Å². The first-order chi connectivity index (χ1) is 17.4. The molecule has 1 aromatic rings. The van der Waals surface area contributed by atoms with Crippen LogP contribution in [0.2, 0.25) is 0 Å². The fraction of sp³-hybridized carbons (Fsp3) is 0.630. The molecular formula is C27H39N3O7. The zero-order valence-electron chi connectivity index (χ0n) is 22.3. The average molecular weight is 518 g/mol. The Hall–Kier alpha value is -3.14. The van der Waals surface area contributed by atoms with Crippen molar-refractivity contribution < 1.29 is 33.8 Å². The Balaban J connectivity index is 1.70. The number of carbonyl (C=O) groups excluding carboxylic acids is 4. The van der Waals surface area contributed by atoms with Crippen LogP contribution in [0.15, 0.2) is 30.3 Å². The van der Waals surface area contributed by atoms with Gasteiger partial charge in [0.05, 0.1) is 6.10 Å². The van der Waals surface area contributed by atoms with E-state index in [4.69, 9.17) is 9.47 Å². The summed E-state index contributed by atoms with van der Waals surface area (Å²) in [7, 11) is 1.45. The topological polar surface area (TPSA) is 125 Å². The fourth-order valence-electron chi connectivity index (χ4n) is 4.69. The summed E-state index contributed by atoms with van der Waals surface area (Å²) < 4.78 is 10.9. The van der Waals surface area contributed by atoms with Gasteiger partial charge >= 0.3 is 12.1 Å². The Morgan fingerprint density at radius 2 is 1.78 bits per heavy atom. The van der Waals surface area contributed by atoms with Crippen LogP contribution in [0.25, 0.3) is 0 Å². The average Bonchev–Trinajstić information content (AvgIpc) is 3.26. The number of hydrogen-bond acceptors (Lipinski definition) is 7. The van der Waals surface area contributed by atoms with Crippen molar-refractivity contribution in [1.29, 1.82) is 0 Å². The number of nitrogens with zero attached hydrogens (tertiary/aromatic N) is 2. The molecule has 2 aliphatic rings. The van der Waals surface area contributed by atoms with Crippen LogP contribution < -0.4 is 5.32 Å². The second-order valence-electron chi connectivity index (χ2n) is 10.9. The lowest BCUT2D eigenvalue weighted by Gasteiger charge is -2.36. The van der Waals surface area contributed by atoms with Crippen molar-refractivity contribution >= 4 is 23.9 Å². The van der Waals surface area contributed by atoms with Gasteiger partial charge < -0.3 is 24.8 Å². The number of likely N-dealkylation sites (N-methyl/N-ethyl adjacent to an activating group) is 1. The SMILES string of the molecule is C[C@@H](C(=O)N[C@H]1C[C@H](O)CC[C@H]2CC[C@@H](C(=O)OCc3ccccc3)N2C1=O)N(C)C(=O)OC(C)(C)C. The van der Waals surface area contributed by atoms with E-state index in [0.29, 0.717) is 25.7 Å². The standard InChI is InChI=1S/C27H39N3O7/c1-17(29(5)26(35)37-27(2,3)4)23(32)28-21-15-20(31)13-11-19-12-14-22(30(19)24(21)33)25(34)36-16-18-9-7-6-8-10-18/h6-10,17,19-22,31H,11-16H2,1-5H3,(H,28,32)/t17-,19-,20+,21-,22-/m0/s1. The number of amides is 3. The molecule has 1 aromatic carbocycles. The summed E-state index contributed by atoms with van der Waals surface area (Å²) in [6.07, 6.45) is 0.649. The molecule has 37 heavy (non-hydrogen) atoms. The van der Waals surface area contributed by atoms with Crippen LogP contribution in [0.4, 0.5) is 4.79 Å². The monoisotopic (exact) mass is 517 g/mol. The van der Waals surface area contributed by atoms with Crippen molar-refractivity contribution in [3.63, 3.8) is 0 Å². The van der Waals surface area contributed by atoms with Crippen LogP contribution in [0.5, 0.6) is 0 Å². The highest BCUT2D eigenvalue weighted by Gasteiger charge is 2.46. The fourth-order valence-corrected chi connectivity index (χ4v) is 4.69. The highest BCUT2D eigenvalue weighted by molar-refractivity contribution is 5.93. The molecule has 0 bridgehead atoms. The Kier molecular flexibility index (Phi) is 9.17. The second-order valence-corrected chi connectivity index (χ2v) is 10.9. The Morgan fingerprint density at radius 1 is 1.14 bits per heavy atom. The van der Waals surface area contributed by atoms with Gasteiger partial charge in [-0.25, -0.2) is 9.59 Å². The minimum atomic E-state index is -1.04. The molecule has 0 saturated carbocycles. The smallest absolute Gasteiger partial charge is 0.410 e. The number of ether oxygens (including phenoxy) is 2. The van der Waals surface area contributed by atoms with Crippen LogP contribution in [0.1, 0.15) is 65.4 Å². The molecular weight excluding hydrogens is 478 g/mol. The van der Waals surface area contributed by atoms with Crippen molar-refractivity contribution in [1.82, 2.24) is 15.1 Å². The summed E-state index contributed by atoms with van der Waals surface area (Å²) in [5.41, 5.74) is 0.122. The van der Waals surface area contributed by atoms with Gasteiger partial charge in [-0.15, -0.1) is 0 Å². The molecule has 10 nitrogen and oxygen atoms in total. The van der Waals surface area contributed by atoms with E-state index >= 15 is 0 Å². The maximum Gasteiger partial charge on any atom is 0.410 e. The number of benzene rings is 1. The summed E-state index contributed by atoms with van der Waals surface area (Å²) in [5, 5.41) is 13.2. The van der Waals surface area contributed by atoms with Crippen LogP contribution >= 0.6 is 0 Å². The van der Waals surface area contributed by atoms with Crippen LogP contribution in [-0.2, 0) is 30.5 Å². The number of carbonyl (C=O) groups is 4. The summed E-state index contributed by atoms with van der Waals surface area (Å²) in [4.78, 5) is 54.8. The summed E-state index contributed by atoms with van der Waals surface area (Å²) in [5.74, 6) is -1.47. The van der Waals surface area contributed by atoms with Crippen molar-refractivity contribution in [3.8, 4) is 0 Å². The lowest BCUT2D eigenvalue weighted by Crippen LogP contribution is -2.58. The van der Waals surface area contributed by atoms with Gasteiger partial charge in [0.15, 0.2) is 0 Å². The second kappa shape index (κ2) is 11.9. The number of hydrogen-bond donors (Lipinski definition) is 2. The van der Waals surface area contributed by atoms with E-state index in [0.717, 1.165) is 10.5 Å². The van der Waals surface area contributed by atoms with Gasteiger partial charge in [0, 0.05) is 19.5 Å². The van der Waals surface area contributed by atoms with E-state index in [1.807, 2.05) is 30.3 Å². The van der Waals surface area contributed by atoms with Crippen LogP contribution in [0, 0.1) is 0 Å². The Bertz CT molecular complexity index is 978. The highest BCUT2D eigenvalue weighted by atomic mass is 16.6. The number of aliphatic hydroxyl groups excluding tert-OH is 1. The van der Waals surface area contributed by atoms with Crippen LogP contribution in [-0.4, -0.2) is 81.7 Å². The Morgan fingerprint density at radius 3 is 2.43 bits per heavy atom. The molecule has 2 saturated heterocycles. The molecule has 3 amide bonds. The molecule has 0 unspecified atom stereocenters. The number of fused-ring (bicyclic) bond motifs is 1. The normalized spacial score (nSPS) is 24.8. The van der Waals surface area contributed by atoms with Gasteiger partial charge in [0.25, 0.3) is 0 Å². The molecule has 10 heteroatoms. The highest BCUT2D eigenvalue weighted by Crippen LogP contribution is 2.32. The van der Waals surface area contributed by atoms with Crippen LogP contribution in [0.3, 0.4) is 0 Å². The van der Waals surface area contributed by atoms with Crippen molar-refractivity contribution in [3.05, 3.63) is 35.9 Å². The third-order valence-corrected chi connectivity index (χ3v) is 6.85. The molecule has 2 fully saturated rings. The van der Waals surface area contributed by atoms with E-state index in [9.17, 15) is 24.3 Å². The number of nitrogens with one attached hydrogen (secondary N) is 1. The molecule has 2 N–H and O–H groups in total. The molecule has 0 spiro atoms. The van der Waals surface area contributed by atoms with Crippen molar-refractivity contribution in [2.75, 3.05) is 7.05 Å². The van der Waals surface area contributed by atoms with Gasteiger partial charge in [0.2, 0.25) is 11.8 Å². The maximum absolute atomic E-state index is 13.7. The van der Waals surface area contributed by atoms with E-state index in [2.05, 4.69) is 5.32 Å². The molecule has 0 aromatic heterocycles. The molecule has 2 heterocycles.